The van der Waals surface area contributed by atoms with Crippen LogP contribution in [-0.4, -0.2) is 62.7 Å². The number of carbonyl (C=O) groups excluding carboxylic acids is 1. The Labute approximate surface area is 239 Å². The lowest BCUT2D eigenvalue weighted by Gasteiger charge is -2.33. The molecule has 1 aromatic carbocycles. The molecule has 2 fully saturated rings. The molecule has 1 saturated carbocycles. The number of alkyl halides is 1. The van der Waals surface area contributed by atoms with Crippen LogP contribution in [0, 0.1) is 0 Å². The van der Waals surface area contributed by atoms with Gasteiger partial charge in [-0.25, -0.2) is 19.3 Å². The van der Waals surface area contributed by atoms with E-state index in [0.29, 0.717) is 24.7 Å². The van der Waals surface area contributed by atoms with Crippen LogP contribution in [0.1, 0.15) is 48.4 Å². The summed E-state index contributed by atoms with van der Waals surface area (Å²) < 4.78 is 15.5. The van der Waals surface area contributed by atoms with Gasteiger partial charge in [0.2, 0.25) is 5.91 Å². The third-order valence-electron chi connectivity index (χ3n) is 8.34. The Kier molecular flexibility index (Phi) is 7.53. The minimum atomic E-state index is -0.970. The fraction of sp³-hybridized carbons (Fsp3) is 0.375. The van der Waals surface area contributed by atoms with Crippen molar-refractivity contribution in [2.75, 3.05) is 25.9 Å². The summed E-state index contributed by atoms with van der Waals surface area (Å²) in [4.78, 5) is 26.8. The third-order valence-corrected chi connectivity index (χ3v) is 8.34. The molecule has 1 saturated heterocycles. The van der Waals surface area contributed by atoms with Gasteiger partial charge < -0.3 is 16.0 Å². The number of carbonyl (C=O) groups is 1. The van der Waals surface area contributed by atoms with E-state index in [1.54, 1.807) is 13.2 Å². The van der Waals surface area contributed by atoms with Crippen LogP contribution in [0.3, 0.4) is 0 Å². The molecule has 2 aliphatic carbocycles. The number of hydrogen-bond donors (Lipinski definition) is 2. The number of imidazole rings is 1. The number of aromatic nitrogens is 4. The topological polar surface area (TPSA) is 102 Å². The standard InChI is InChI=1S/C23H21N5.C9H15FN2O/c24-21-18(5-2-12-25-21)22-27-20-11-10-19(15-6-7-15)26-23(20)28(22)17-9-8-14-3-1-4-16(14)13-17;1-3-9(13)12-5-4-8(11-2)7(10)6-12/h2,5,8-13,15H,1,3-4,6-7H2,(H2,24,25);3,7-8,11H,1,4-6H2,2H3. The second-order valence-corrected chi connectivity index (χ2v) is 11.1. The van der Waals surface area contributed by atoms with Crippen molar-refractivity contribution >= 4 is 22.9 Å². The van der Waals surface area contributed by atoms with E-state index in [2.05, 4.69) is 51.8 Å². The number of nitrogens with zero attached hydrogens (tertiary/aromatic N) is 5. The maximum atomic E-state index is 13.3. The number of fused-ring (bicyclic) bond motifs is 2. The van der Waals surface area contributed by atoms with Crippen LogP contribution < -0.4 is 11.1 Å². The Balaban J connectivity index is 0.000000197. The summed E-state index contributed by atoms with van der Waals surface area (Å²) in [6.07, 6.45) is 8.64. The molecule has 7 rings (SSSR count). The first-order chi connectivity index (χ1) is 20.0. The number of likely N-dealkylation sites (tertiary alicyclic amines) is 1. The maximum Gasteiger partial charge on any atom is 0.246 e. The van der Waals surface area contributed by atoms with E-state index >= 15 is 0 Å². The Morgan fingerprint density at radius 3 is 2.68 bits per heavy atom. The van der Waals surface area contributed by atoms with Crippen LogP contribution in [-0.2, 0) is 17.6 Å². The summed E-state index contributed by atoms with van der Waals surface area (Å²) in [5, 5.41) is 2.89. The van der Waals surface area contributed by atoms with Gasteiger partial charge >= 0.3 is 0 Å². The van der Waals surface area contributed by atoms with Gasteiger partial charge in [0.1, 0.15) is 17.5 Å². The number of piperidine rings is 1. The SMILES string of the molecule is C=CC(=O)N1CCC(NC)C(F)C1.Nc1ncccc1-c1nc2ccc(C3CC3)nc2n1-c1ccc2c(c1)CCC2. The number of aryl methyl sites for hydroxylation is 2. The number of nitrogens with two attached hydrogens (primary N) is 1. The van der Waals surface area contributed by atoms with Gasteiger partial charge in [-0.1, -0.05) is 12.6 Å². The maximum absolute atomic E-state index is 13.3. The molecule has 0 bridgehead atoms. The number of rotatable bonds is 5. The summed E-state index contributed by atoms with van der Waals surface area (Å²) in [5.74, 6) is 1.71. The van der Waals surface area contributed by atoms with Crippen molar-refractivity contribution < 1.29 is 9.18 Å². The molecule has 0 spiro atoms. The lowest BCUT2D eigenvalue weighted by atomic mass is 10.0. The highest BCUT2D eigenvalue weighted by atomic mass is 19.1. The Bertz CT molecular complexity index is 1590. The first kappa shape index (κ1) is 27.1. The molecule has 4 aromatic rings. The van der Waals surface area contributed by atoms with E-state index in [1.807, 2.05) is 12.1 Å². The fourth-order valence-electron chi connectivity index (χ4n) is 5.87. The molecule has 1 amide bonds. The average Bonchev–Trinajstić information content (AvgIpc) is 3.62. The minimum Gasteiger partial charge on any atom is -0.383 e. The van der Waals surface area contributed by atoms with Gasteiger partial charge in [-0.3, -0.25) is 9.36 Å². The lowest BCUT2D eigenvalue weighted by molar-refractivity contribution is -0.128. The predicted octanol–water partition coefficient (Wildman–Crippen LogP) is 4.76. The van der Waals surface area contributed by atoms with Gasteiger partial charge in [-0.2, -0.15) is 0 Å². The molecule has 3 aromatic heterocycles. The van der Waals surface area contributed by atoms with Gasteiger partial charge in [0, 0.05) is 36.1 Å². The number of nitrogen functional groups attached to an aromatic ring is 1. The molecule has 2 atom stereocenters. The molecule has 9 heteroatoms. The minimum absolute atomic E-state index is 0.117. The summed E-state index contributed by atoms with van der Waals surface area (Å²) in [5.41, 5.74) is 14.0. The summed E-state index contributed by atoms with van der Waals surface area (Å²) in [6, 6.07) is 14.7. The predicted molar refractivity (Wildman–Crippen MR) is 160 cm³/mol. The van der Waals surface area contributed by atoms with Crippen molar-refractivity contribution in [3.63, 3.8) is 0 Å². The molecule has 8 nitrogen and oxygen atoms in total. The number of hydrogen-bond acceptors (Lipinski definition) is 6. The Morgan fingerprint density at radius 2 is 1.95 bits per heavy atom. The van der Waals surface area contributed by atoms with E-state index in [4.69, 9.17) is 15.7 Å². The average molecular weight is 554 g/mol. The van der Waals surface area contributed by atoms with E-state index < -0.39 is 6.17 Å². The smallest absolute Gasteiger partial charge is 0.246 e. The van der Waals surface area contributed by atoms with Crippen molar-refractivity contribution in [3.8, 4) is 17.1 Å². The second-order valence-electron chi connectivity index (χ2n) is 11.1. The van der Waals surface area contributed by atoms with Crippen LogP contribution in [0.2, 0.25) is 0 Å². The highest BCUT2D eigenvalue weighted by Crippen LogP contribution is 2.40. The van der Waals surface area contributed by atoms with E-state index in [-0.39, 0.29) is 18.5 Å². The summed E-state index contributed by atoms with van der Waals surface area (Å²) >= 11 is 0. The number of pyridine rings is 2. The molecule has 2 unspecified atom stereocenters. The second kappa shape index (κ2) is 11.4. The first-order valence-electron chi connectivity index (χ1n) is 14.4. The van der Waals surface area contributed by atoms with Crippen LogP contribution in [0.5, 0.6) is 0 Å². The normalized spacial score (nSPS) is 19.9. The number of anilines is 1. The van der Waals surface area contributed by atoms with Crippen molar-refractivity contribution in [1.29, 1.82) is 0 Å². The number of nitrogens with one attached hydrogen (secondary N) is 1. The summed E-state index contributed by atoms with van der Waals surface area (Å²) in [7, 11) is 1.74. The van der Waals surface area contributed by atoms with Gasteiger partial charge in [0.05, 0.1) is 12.1 Å². The molecule has 212 valence electrons. The molecular formula is C32H36FN7O. The van der Waals surface area contributed by atoms with E-state index in [1.165, 1.54) is 53.5 Å². The zero-order chi connectivity index (χ0) is 28.5. The van der Waals surface area contributed by atoms with Gasteiger partial charge in [-0.05, 0) is 99.2 Å². The Morgan fingerprint density at radius 1 is 1.12 bits per heavy atom. The zero-order valence-corrected chi connectivity index (χ0v) is 23.4. The first-order valence-corrected chi connectivity index (χ1v) is 14.4. The van der Waals surface area contributed by atoms with Crippen LogP contribution in [0.15, 0.2) is 61.3 Å². The number of amides is 1. The summed E-state index contributed by atoms with van der Waals surface area (Å²) in [6.45, 7) is 4.16. The number of halogens is 1. The van der Waals surface area contributed by atoms with Crippen LogP contribution >= 0.6 is 0 Å². The van der Waals surface area contributed by atoms with Gasteiger partial charge in [-0.15, -0.1) is 0 Å². The zero-order valence-electron chi connectivity index (χ0n) is 23.4. The van der Waals surface area contributed by atoms with Gasteiger partial charge in [0.15, 0.2) is 11.5 Å². The van der Waals surface area contributed by atoms with E-state index in [9.17, 15) is 9.18 Å². The molecule has 1 aliphatic heterocycles. The van der Waals surface area contributed by atoms with E-state index in [0.717, 1.165) is 34.7 Å². The van der Waals surface area contributed by atoms with Crippen molar-refractivity contribution in [3.05, 3.63) is 78.1 Å². The lowest BCUT2D eigenvalue weighted by Crippen LogP contribution is -2.51. The van der Waals surface area contributed by atoms with Crippen LogP contribution in [0.25, 0.3) is 28.2 Å². The molecule has 0 radical (unpaired) electrons. The van der Waals surface area contributed by atoms with Gasteiger partial charge in [0.25, 0.3) is 0 Å². The third kappa shape index (κ3) is 5.46. The quantitative estimate of drug-likeness (QED) is 0.346. The highest BCUT2D eigenvalue weighted by Gasteiger charge is 2.29. The molecule has 41 heavy (non-hydrogen) atoms. The monoisotopic (exact) mass is 553 g/mol. The molecule has 4 heterocycles. The molecular weight excluding hydrogens is 517 g/mol. The largest absolute Gasteiger partial charge is 0.383 e. The van der Waals surface area contributed by atoms with Crippen molar-refractivity contribution in [1.82, 2.24) is 29.7 Å². The fourth-order valence-corrected chi connectivity index (χ4v) is 5.87. The highest BCUT2D eigenvalue weighted by molar-refractivity contribution is 5.87. The van der Waals surface area contributed by atoms with Crippen LogP contribution in [0.4, 0.5) is 10.2 Å². The number of benzene rings is 1. The molecule has 3 N–H and O–H groups in total. The Hall–Kier alpha value is -4.11. The van der Waals surface area contributed by atoms with Crippen molar-refractivity contribution in [2.45, 2.75) is 56.7 Å². The van der Waals surface area contributed by atoms with Crippen molar-refractivity contribution in [2.24, 2.45) is 0 Å². The molecule has 3 aliphatic rings.